The quantitative estimate of drug-likeness (QED) is 0.307. The van der Waals surface area contributed by atoms with Gasteiger partial charge in [0.05, 0.1) is 35.5 Å². The molecule has 1 heterocycles. The van der Waals surface area contributed by atoms with Crippen LogP contribution in [0.5, 0.6) is 5.75 Å². The number of H-pyrrole nitrogens is 1. The fourth-order valence-electron chi connectivity index (χ4n) is 2.78. The molecule has 1 aromatic carbocycles. The predicted octanol–water partition coefficient (Wildman–Crippen LogP) is 2.76. The monoisotopic (exact) mass is 404 g/mol. The van der Waals surface area contributed by atoms with Gasteiger partial charge in [-0.15, -0.1) is 0 Å². The molecule has 0 aliphatic heterocycles. The second-order valence-electron chi connectivity index (χ2n) is 5.99. The molecule has 0 fully saturated rings. The Hall–Kier alpha value is -3.69. The fourth-order valence-corrected chi connectivity index (χ4v) is 2.78. The lowest BCUT2D eigenvalue weighted by Crippen LogP contribution is -2.16. The summed E-state index contributed by atoms with van der Waals surface area (Å²) in [5, 5.41) is 11.1. The van der Waals surface area contributed by atoms with E-state index >= 15 is 0 Å². The molecule has 0 spiro atoms. The predicted molar refractivity (Wildman–Crippen MR) is 100 cm³/mol. The van der Waals surface area contributed by atoms with Gasteiger partial charge in [-0.25, -0.2) is 9.59 Å². The summed E-state index contributed by atoms with van der Waals surface area (Å²) >= 11 is 0. The Kier molecular flexibility index (Phi) is 6.71. The molecule has 0 aliphatic rings. The van der Waals surface area contributed by atoms with Gasteiger partial charge in [-0.3, -0.25) is 14.9 Å². The van der Waals surface area contributed by atoms with E-state index in [9.17, 15) is 24.5 Å². The minimum Gasteiger partial charge on any atom is -0.490 e. The van der Waals surface area contributed by atoms with Crippen LogP contribution in [0.2, 0.25) is 0 Å². The highest BCUT2D eigenvalue weighted by Gasteiger charge is 2.24. The van der Waals surface area contributed by atoms with Crippen molar-refractivity contribution >= 4 is 23.4 Å². The first-order chi connectivity index (χ1) is 13.7. The summed E-state index contributed by atoms with van der Waals surface area (Å²) in [5.41, 5.74) is 0.731. The van der Waals surface area contributed by atoms with Crippen molar-refractivity contribution < 1.29 is 33.5 Å². The number of carbonyl (C=O) groups is 3. The Bertz CT molecular complexity index is 977. The molecular formula is C19H20N2O8. The Balaban J connectivity index is 2.14. The smallest absolute Gasteiger partial charge is 0.340 e. The number of nitrogens with zero attached hydrogens (tertiary/aromatic N) is 1. The van der Waals surface area contributed by atoms with Crippen molar-refractivity contribution in [3.05, 3.63) is 56.4 Å². The van der Waals surface area contributed by atoms with Crippen LogP contribution in [0.15, 0.2) is 18.2 Å². The van der Waals surface area contributed by atoms with Crippen molar-refractivity contribution in [1.82, 2.24) is 4.98 Å². The number of nitrogens with one attached hydrogen (secondary N) is 1. The summed E-state index contributed by atoms with van der Waals surface area (Å²) in [6, 6.07) is 3.57. The van der Waals surface area contributed by atoms with E-state index in [0.717, 1.165) is 6.07 Å². The molecule has 10 nitrogen and oxygen atoms in total. The van der Waals surface area contributed by atoms with Gasteiger partial charge < -0.3 is 19.2 Å². The Morgan fingerprint density at radius 2 is 1.83 bits per heavy atom. The number of hydrogen-bond donors (Lipinski definition) is 1. The number of nitro groups is 1. The van der Waals surface area contributed by atoms with Crippen LogP contribution in [0.1, 0.15) is 49.4 Å². The molecule has 0 radical (unpaired) electrons. The zero-order chi connectivity index (χ0) is 21.7. The summed E-state index contributed by atoms with van der Waals surface area (Å²) in [6.07, 6.45) is 0. The first kappa shape index (κ1) is 21.6. The molecule has 0 saturated heterocycles. The molecule has 1 N–H and O–H groups in total. The molecular weight excluding hydrogens is 384 g/mol. The number of nitro benzene ring substituents is 1. The number of ketones is 1. The van der Waals surface area contributed by atoms with Crippen molar-refractivity contribution in [2.45, 2.75) is 20.8 Å². The molecule has 0 aliphatic carbocycles. The van der Waals surface area contributed by atoms with Crippen molar-refractivity contribution in [3.63, 3.8) is 0 Å². The van der Waals surface area contributed by atoms with Gasteiger partial charge in [-0.05, 0) is 38.5 Å². The van der Waals surface area contributed by atoms with E-state index < -0.39 is 34.9 Å². The highest BCUT2D eigenvalue weighted by Crippen LogP contribution is 2.28. The normalized spacial score (nSPS) is 10.3. The van der Waals surface area contributed by atoms with Gasteiger partial charge in [0.25, 0.3) is 0 Å². The first-order valence-corrected chi connectivity index (χ1v) is 8.60. The lowest BCUT2D eigenvalue weighted by molar-refractivity contribution is -0.385. The lowest BCUT2D eigenvalue weighted by Gasteiger charge is -2.06. The summed E-state index contributed by atoms with van der Waals surface area (Å²) in [5.74, 6) is -2.03. The van der Waals surface area contributed by atoms with Crippen molar-refractivity contribution in [2.75, 3.05) is 20.3 Å². The van der Waals surface area contributed by atoms with E-state index in [-0.39, 0.29) is 29.2 Å². The van der Waals surface area contributed by atoms with Gasteiger partial charge in [-0.2, -0.15) is 0 Å². The number of aryl methyl sites for hydroxylation is 1. The summed E-state index contributed by atoms with van der Waals surface area (Å²) in [7, 11) is 1.27. The number of hydrogen-bond acceptors (Lipinski definition) is 8. The highest BCUT2D eigenvalue weighted by atomic mass is 16.6. The number of ether oxygens (including phenoxy) is 3. The first-order valence-electron chi connectivity index (χ1n) is 8.60. The number of aromatic nitrogens is 1. The number of esters is 2. The van der Waals surface area contributed by atoms with Crippen molar-refractivity contribution in [1.29, 1.82) is 0 Å². The summed E-state index contributed by atoms with van der Waals surface area (Å²) in [6.45, 7) is 4.46. The zero-order valence-electron chi connectivity index (χ0n) is 16.4. The zero-order valence-corrected chi connectivity index (χ0v) is 16.4. The van der Waals surface area contributed by atoms with Gasteiger partial charge in [-0.1, -0.05) is 0 Å². The molecule has 1 aromatic heterocycles. The van der Waals surface area contributed by atoms with Crippen molar-refractivity contribution in [3.8, 4) is 5.75 Å². The number of aromatic amines is 1. The fraction of sp³-hybridized carbons (Fsp3) is 0.316. The standard InChI is InChI=1S/C19H20N2O8/c1-5-28-19(24)16-10(2)17(20-11(16)3)14(22)9-29-18(23)12-6-7-15(27-4)13(8-12)21(25)26/h6-8,20H,5,9H2,1-4H3. The maximum absolute atomic E-state index is 12.4. The molecule has 0 amide bonds. The van der Waals surface area contributed by atoms with Crippen LogP contribution in [0.4, 0.5) is 5.69 Å². The van der Waals surface area contributed by atoms with Crippen LogP contribution in [0, 0.1) is 24.0 Å². The van der Waals surface area contributed by atoms with Gasteiger partial charge in [0.15, 0.2) is 12.4 Å². The molecule has 0 bridgehead atoms. The number of rotatable bonds is 8. The molecule has 0 unspecified atom stereocenters. The van der Waals surface area contributed by atoms with E-state index in [1.54, 1.807) is 20.8 Å². The highest BCUT2D eigenvalue weighted by molar-refractivity contribution is 6.03. The SMILES string of the molecule is CCOC(=O)c1c(C)[nH]c(C(=O)COC(=O)c2ccc(OC)c([N+](=O)[O-])c2)c1C. The van der Waals surface area contributed by atoms with E-state index in [4.69, 9.17) is 14.2 Å². The van der Waals surface area contributed by atoms with Crippen LogP contribution in [-0.2, 0) is 9.47 Å². The average molecular weight is 404 g/mol. The Morgan fingerprint density at radius 3 is 2.41 bits per heavy atom. The molecule has 0 atom stereocenters. The van der Waals surface area contributed by atoms with Crippen LogP contribution in [-0.4, -0.2) is 48.0 Å². The lowest BCUT2D eigenvalue weighted by atomic mass is 10.1. The van der Waals surface area contributed by atoms with Gasteiger partial charge >= 0.3 is 17.6 Å². The molecule has 2 aromatic rings. The largest absolute Gasteiger partial charge is 0.490 e. The van der Waals surface area contributed by atoms with Crippen LogP contribution >= 0.6 is 0 Å². The van der Waals surface area contributed by atoms with Crippen molar-refractivity contribution in [2.24, 2.45) is 0 Å². The third kappa shape index (κ3) is 4.60. The van der Waals surface area contributed by atoms with E-state index in [2.05, 4.69) is 4.98 Å². The average Bonchev–Trinajstić information content (AvgIpc) is 2.99. The van der Waals surface area contributed by atoms with Crippen LogP contribution < -0.4 is 4.74 Å². The van der Waals surface area contributed by atoms with Gasteiger partial charge in [0, 0.05) is 11.8 Å². The number of Topliss-reactive ketones (excluding diaryl/α,β-unsaturated/α-hetero) is 1. The second kappa shape index (κ2) is 9.00. The molecule has 0 saturated carbocycles. The maximum atomic E-state index is 12.4. The minimum absolute atomic E-state index is 0.00777. The van der Waals surface area contributed by atoms with Crippen LogP contribution in [0.3, 0.4) is 0 Å². The second-order valence-corrected chi connectivity index (χ2v) is 5.99. The van der Waals surface area contributed by atoms with Crippen LogP contribution in [0.25, 0.3) is 0 Å². The number of carbonyl (C=O) groups excluding carboxylic acids is 3. The van der Waals surface area contributed by atoms with E-state index in [0.29, 0.717) is 11.3 Å². The van der Waals surface area contributed by atoms with Gasteiger partial charge in [0.1, 0.15) is 0 Å². The topological polar surface area (TPSA) is 138 Å². The minimum atomic E-state index is -0.907. The van der Waals surface area contributed by atoms with Gasteiger partial charge in [0.2, 0.25) is 5.78 Å². The molecule has 154 valence electrons. The third-order valence-electron chi connectivity index (χ3n) is 4.14. The van der Waals surface area contributed by atoms with E-state index in [1.807, 2.05) is 0 Å². The number of methoxy groups -OCH3 is 1. The number of benzene rings is 1. The summed E-state index contributed by atoms with van der Waals surface area (Å²) < 4.78 is 14.8. The van der Waals surface area contributed by atoms with E-state index in [1.165, 1.54) is 19.2 Å². The Morgan fingerprint density at radius 1 is 1.14 bits per heavy atom. The molecule has 2 rings (SSSR count). The molecule has 29 heavy (non-hydrogen) atoms. The summed E-state index contributed by atoms with van der Waals surface area (Å²) in [4.78, 5) is 49.8. The maximum Gasteiger partial charge on any atom is 0.340 e. The molecule has 10 heteroatoms. The third-order valence-corrected chi connectivity index (χ3v) is 4.14. The Labute approximate surface area is 165 Å².